The second kappa shape index (κ2) is 4.31. The highest BCUT2D eigenvalue weighted by atomic mass is 15.4. The fourth-order valence-corrected chi connectivity index (χ4v) is 2.92. The minimum absolute atomic E-state index is 0.473. The lowest BCUT2D eigenvalue weighted by Gasteiger charge is -2.15. The first-order chi connectivity index (χ1) is 8.29. The summed E-state index contributed by atoms with van der Waals surface area (Å²) in [5.41, 5.74) is 8.67. The van der Waals surface area contributed by atoms with Crippen molar-refractivity contribution in [2.75, 3.05) is 31.9 Å². The molecule has 0 bridgehead atoms. The Morgan fingerprint density at radius 2 is 2.41 bits per heavy atom. The summed E-state index contributed by atoms with van der Waals surface area (Å²) >= 11 is 0. The van der Waals surface area contributed by atoms with Crippen LogP contribution in [-0.4, -0.2) is 40.9 Å². The second-order valence-corrected chi connectivity index (χ2v) is 5.02. The summed E-state index contributed by atoms with van der Waals surface area (Å²) in [6.07, 6.45) is 2.18. The summed E-state index contributed by atoms with van der Waals surface area (Å²) in [6.45, 7) is 7.50. The summed E-state index contributed by atoms with van der Waals surface area (Å²) in [7, 11) is 0. The van der Waals surface area contributed by atoms with E-state index in [0.717, 1.165) is 38.4 Å². The van der Waals surface area contributed by atoms with E-state index in [9.17, 15) is 0 Å². The molecule has 1 aromatic heterocycles. The zero-order valence-corrected chi connectivity index (χ0v) is 10.4. The van der Waals surface area contributed by atoms with Crippen LogP contribution in [0.15, 0.2) is 0 Å². The molecule has 3 rings (SSSR count). The molecular formula is C12H21N5. The first-order valence-electron chi connectivity index (χ1n) is 6.58. The van der Waals surface area contributed by atoms with Gasteiger partial charge in [-0.3, -0.25) is 0 Å². The van der Waals surface area contributed by atoms with Crippen LogP contribution in [0, 0.1) is 0 Å². The number of nitrogen functional groups attached to an aromatic ring is 1. The van der Waals surface area contributed by atoms with Gasteiger partial charge in [0.1, 0.15) is 5.82 Å². The van der Waals surface area contributed by atoms with Crippen LogP contribution < -0.4 is 11.1 Å². The van der Waals surface area contributed by atoms with Crippen molar-refractivity contribution in [3.63, 3.8) is 0 Å². The molecule has 0 radical (unpaired) electrons. The number of likely N-dealkylation sites (N-methyl/N-ethyl adjacent to an activating group) is 1. The van der Waals surface area contributed by atoms with E-state index in [-0.39, 0.29) is 0 Å². The lowest BCUT2D eigenvalue weighted by molar-refractivity contribution is 0.336. The Labute approximate surface area is 102 Å². The molecule has 1 unspecified atom stereocenters. The van der Waals surface area contributed by atoms with E-state index in [1.807, 2.05) is 0 Å². The van der Waals surface area contributed by atoms with Gasteiger partial charge in [0.15, 0.2) is 0 Å². The van der Waals surface area contributed by atoms with Gasteiger partial charge in [-0.1, -0.05) is 6.92 Å². The van der Waals surface area contributed by atoms with Crippen molar-refractivity contribution in [3.05, 3.63) is 11.3 Å². The number of hydrogen-bond acceptors (Lipinski definition) is 4. The number of nitrogens with zero attached hydrogens (tertiary/aromatic N) is 3. The largest absolute Gasteiger partial charge is 0.384 e. The number of rotatable bonds is 2. The Hall–Kier alpha value is -1.07. The fraction of sp³-hybridized carbons (Fsp3) is 0.750. The number of likely N-dealkylation sites (tertiary alicyclic amines) is 1. The standard InChI is InChI=1S/C12H21N5/c1-2-16-6-4-9(8-16)17-12(13)10-7-14-5-3-11(10)15-17/h9,14H,2-8,13H2,1H3. The minimum Gasteiger partial charge on any atom is -0.384 e. The summed E-state index contributed by atoms with van der Waals surface area (Å²) < 4.78 is 2.08. The quantitative estimate of drug-likeness (QED) is 0.778. The molecule has 0 aromatic carbocycles. The van der Waals surface area contributed by atoms with Gasteiger partial charge < -0.3 is 16.0 Å². The van der Waals surface area contributed by atoms with Gasteiger partial charge in [-0.15, -0.1) is 0 Å². The Kier molecular flexibility index (Phi) is 2.80. The first kappa shape index (κ1) is 11.0. The van der Waals surface area contributed by atoms with E-state index in [1.54, 1.807) is 0 Å². The van der Waals surface area contributed by atoms with Gasteiger partial charge in [0, 0.05) is 38.2 Å². The molecule has 1 saturated heterocycles. The second-order valence-electron chi connectivity index (χ2n) is 5.02. The van der Waals surface area contributed by atoms with Crippen LogP contribution >= 0.6 is 0 Å². The van der Waals surface area contributed by atoms with Gasteiger partial charge in [-0.05, 0) is 13.0 Å². The number of anilines is 1. The van der Waals surface area contributed by atoms with Crippen molar-refractivity contribution < 1.29 is 0 Å². The molecular weight excluding hydrogens is 214 g/mol. The molecule has 94 valence electrons. The normalized spacial score (nSPS) is 25.1. The number of nitrogens with two attached hydrogens (primary N) is 1. The molecule has 17 heavy (non-hydrogen) atoms. The van der Waals surface area contributed by atoms with Crippen LogP contribution in [0.5, 0.6) is 0 Å². The molecule has 0 spiro atoms. The molecule has 5 heteroatoms. The molecule has 2 aliphatic heterocycles. The molecule has 3 N–H and O–H groups in total. The third-order valence-corrected chi connectivity index (χ3v) is 4.01. The number of aromatic nitrogens is 2. The fourth-order valence-electron chi connectivity index (χ4n) is 2.92. The molecule has 1 fully saturated rings. The molecule has 0 amide bonds. The molecule has 3 heterocycles. The predicted octanol–water partition coefficient (Wildman–Crippen LogP) is 0.378. The predicted molar refractivity (Wildman–Crippen MR) is 67.8 cm³/mol. The van der Waals surface area contributed by atoms with Crippen LogP contribution in [0.4, 0.5) is 5.82 Å². The van der Waals surface area contributed by atoms with Gasteiger partial charge in [0.2, 0.25) is 0 Å². The molecule has 5 nitrogen and oxygen atoms in total. The van der Waals surface area contributed by atoms with Crippen LogP contribution in [-0.2, 0) is 13.0 Å². The van der Waals surface area contributed by atoms with Gasteiger partial charge in [0.05, 0.1) is 11.7 Å². The van der Waals surface area contributed by atoms with Crippen LogP contribution in [0.3, 0.4) is 0 Å². The number of fused-ring (bicyclic) bond motifs is 1. The summed E-state index contributed by atoms with van der Waals surface area (Å²) in [5, 5.41) is 8.09. The summed E-state index contributed by atoms with van der Waals surface area (Å²) in [6, 6.07) is 0.473. The number of hydrogen-bond donors (Lipinski definition) is 2. The number of nitrogens with one attached hydrogen (secondary N) is 1. The van der Waals surface area contributed by atoms with Gasteiger partial charge in [-0.2, -0.15) is 5.10 Å². The van der Waals surface area contributed by atoms with E-state index >= 15 is 0 Å². The highest BCUT2D eigenvalue weighted by Gasteiger charge is 2.27. The van der Waals surface area contributed by atoms with Gasteiger partial charge >= 0.3 is 0 Å². The smallest absolute Gasteiger partial charge is 0.126 e. The van der Waals surface area contributed by atoms with Crippen molar-refractivity contribution in [1.29, 1.82) is 0 Å². The summed E-state index contributed by atoms with van der Waals surface area (Å²) in [5.74, 6) is 0.884. The Morgan fingerprint density at radius 1 is 1.53 bits per heavy atom. The molecule has 1 atom stereocenters. The highest BCUT2D eigenvalue weighted by molar-refractivity contribution is 5.45. The van der Waals surface area contributed by atoms with E-state index in [4.69, 9.17) is 10.8 Å². The minimum atomic E-state index is 0.473. The van der Waals surface area contributed by atoms with Crippen molar-refractivity contribution in [1.82, 2.24) is 20.0 Å². The third-order valence-electron chi connectivity index (χ3n) is 4.01. The van der Waals surface area contributed by atoms with Gasteiger partial charge in [0.25, 0.3) is 0 Å². The Morgan fingerprint density at radius 3 is 3.12 bits per heavy atom. The van der Waals surface area contributed by atoms with Gasteiger partial charge in [-0.25, -0.2) is 4.68 Å². The molecule has 0 saturated carbocycles. The van der Waals surface area contributed by atoms with Crippen molar-refractivity contribution in [2.24, 2.45) is 0 Å². The topological polar surface area (TPSA) is 59.1 Å². The maximum Gasteiger partial charge on any atom is 0.126 e. The first-order valence-corrected chi connectivity index (χ1v) is 6.58. The zero-order valence-electron chi connectivity index (χ0n) is 10.4. The van der Waals surface area contributed by atoms with Crippen molar-refractivity contribution >= 4 is 5.82 Å². The lowest BCUT2D eigenvalue weighted by Crippen LogP contribution is -2.23. The van der Waals surface area contributed by atoms with E-state index in [0.29, 0.717) is 6.04 Å². The van der Waals surface area contributed by atoms with E-state index < -0.39 is 0 Å². The summed E-state index contributed by atoms with van der Waals surface area (Å²) in [4.78, 5) is 2.46. The SMILES string of the molecule is CCN1CCC(n2nc3c(c2N)CNCC3)C1. The Balaban J connectivity index is 1.86. The van der Waals surface area contributed by atoms with Crippen LogP contribution in [0.1, 0.15) is 30.6 Å². The maximum atomic E-state index is 6.23. The maximum absolute atomic E-state index is 6.23. The van der Waals surface area contributed by atoms with Crippen molar-refractivity contribution in [2.45, 2.75) is 32.4 Å². The van der Waals surface area contributed by atoms with Crippen LogP contribution in [0.2, 0.25) is 0 Å². The Bertz CT molecular complexity index is 411. The lowest BCUT2D eigenvalue weighted by atomic mass is 10.1. The van der Waals surface area contributed by atoms with Crippen molar-refractivity contribution in [3.8, 4) is 0 Å². The average Bonchev–Trinajstić information content (AvgIpc) is 2.95. The van der Waals surface area contributed by atoms with E-state index in [2.05, 4.69) is 21.8 Å². The van der Waals surface area contributed by atoms with Crippen LogP contribution in [0.25, 0.3) is 0 Å². The van der Waals surface area contributed by atoms with E-state index in [1.165, 1.54) is 24.2 Å². The highest BCUT2D eigenvalue weighted by Crippen LogP contribution is 2.28. The molecule has 2 aliphatic rings. The molecule has 1 aromatic rings. The molecule has 0 aliphatic carbocycles. The average molecular weight is 235 g/mol. The zero-order chi connectivity index (χ0) is 11.8. The monoisotopic (exact) mass is 235 g/mol. The third kappa shape index (κ3) is 1.83.